The fraction of sp³-hybridized carbons (Fsp3) is 0.294. The number of nitrogens with zero attached hydrogens (tertiary/aromatic N) is 2. The number of nitrogens with one attached hydrogen (secondary N) is 2. The number of benzene rings is 1. The van der Waals surface area contributed by atoms with Gasteiger partial charge >= 0.3 is 0 Å². The lowest BCUT2D eigenvalue weighted by Gasteiger charge is -2.11. The van der Waals surface area contributed by atoms with Crippen LogP contribution in [-0.4, -0.2) is 43.0 Å². The molecule has 0 atom stereocenters. The van der Waals surface area contributed by atoms with Gasteiger partial charge in [-0.1, -0.05) is 29.8 Å². The monoisotopic (exact) mass is 332 g/mol. The predicted molar refractivity (Wildman–Crippen MR) is 93.9 cm³/mol. The number of carbonyl (C=O) groups is 1. The summed E-state index contributed by atoms with van der Waals surface area (Å²) in [5.41, 5.74) is 1.46. The SMILES string of the molecule is CN(C)CCNc1cc(C(=O)NCc2ccccc2Cl)ccn1. The summed E-state index contributed by atoms with van der Waals surface area (Å²) >= 11 is 6.09. The molecule has 0 bridgehead atoms. The highest BCUT2D eigenvalue weighted by atomic mass is 35.5. The van der Waals surface area contributed by atoms with Gasteiger partial charge in [0.2, 0.25) is 0 Å². The van der Waals surface area contributed by atoms with Gasteiger partial charge in [-0.3, -0.25) is 4.79 Å². The molecule has 0 unspecified atom stereocenters. The van der Waals surface area contributed by atoms with E-state index in [1.165, 1.54) is 0 Å². The van der Waals surface area contributed by atoms with Gasteiger partial charge in [0.15, 0.2) is 0 Å². The summed E-state index contributed by atoms with van der Waals surface area (Å²) in [5.74, 6) is 0.542. The van der Waals surface area contributed by atoms with Gasteiger partial charge in [0.05, 0.1) is 0 Å². The van der Waals surface area contributed by atoms with E-state index in [1.807, 2.05) is 38.4 Å². The molecule has 122 valence electrons. The van der Waals surface area contributed by atoms with Gasteiger partial charge < -0.3 is 15.5 Å². The lowest BCUT2D eigenvalue weighted by Crippen LogP contribution is -2.24. The predicted octanol–water partition coefficient (Wildman–Crippen LogP) is 2.64. The van der Waals surface area contributed by atoms with Crippen LogP contribution in [0.15, 0.2) is 42.6 Å². The zero-order valence-electron chi connectivity index (χ0n) is 13.3. The van der Waals surface area contributed by atoms with Crippen molar-refractivity contribution in [2.45, 2.75) is 6.54 Å². The molecule has 2 N–H and O–H groups in total. The van der Waals surface area contributed by atoms with Gasteiger partial charge in [0.25, 0.3) is 5.91 Å². The first-order valence-corrected chi connectivity index (χ1v) is 7.80. The summed E-state index contributed by atoms with van der Waals surface area (Å²) < 4.78 is 0. The van der Waals surface area contributed by atoms with Crippen LogP contribution in [0.1, 0.15) is 15.9 Å². The highest BCUT2D eigenvalue weighted by Gasteiger charge is 2.08. The van der Waals surface area contributed by atoms with Crippen LogP contribution < -0.4 is 10.6 Å². The van der Waals surface area contributed by atoms with Crippen LogP contribution in [0, 0.1) is 0 Å². The number of amides is 1. The molecule has 1 aromatic carbocycles. The lowest BCUT2D eigenvalue weighted by molar-refractivity contribution is 0.0951. The van der Waals surface area contributed by atoms with Crippen molar-refractivity contribution in [2.24, 2.45) is 0 Å². The van der Waals surface area contributed by atoms with Crippen LogP contribution in [0.3, 0.4) is 0 Å². The van der Waals surface area contributed by atoms with Crippen LogP contribution in [0.2, 0.25) is 5.02 Å². The van der Waals surface area contributed by atoms with Gasteiger partial charge in [-0.25, -0.2) is 4.98 Å². The molecule has 0 radical (unpaired) electrons. The van der Waals surface area contributed by atoms with Crippen molar-refractivity contribution >= 4 is 23.3 Å². The number of halogens is 1. The van der Waals surface area contributed by atoms with E-state index in [0.29, 0.717) is 22.9 Å². The topological polar surface area (TPSA) is 57.3 Å². The summed E-state index contributed by atoms with van der Waals surface area (Å²) in [7, 11) is 4.02. The Morgan fingerprint density at radius 2 is 2.04 bits per heavy atom. The zero-order valence-corrected chi connectivity index (χ0v) is 14.1. The molecule has 0 spiro atoms. The van der Waals surface area contributed by atoms with Crippen molar-refractivity contribution in [3.63, 3.8) is 0 Å². The second-order valence-electron chi connectivity index (χ2n) is 5.43. The molecular formula is C17H21ClN4O. The number of aromatic nitrogens is 1. The standard InChI is InChI=1S/C17H21ClN4O/c1-22(2)10-9-20-16-11-13(7-8-19-16)17(23)21-12-14-5-3-4-6-15(14)18/h3-8,11H,9-10,12H2,1-2H3,(H,19,20)(H,21,23). The van der Waals surface area contributed by atoms with E-state index in [2.05, 4.69) is 20.5 Å². The van der Waals surface area contributed by atoms with Gasteiger partial charge in [0.1, 0.15) is 5.82 Å². The van der Waals surface area contributed by atoms with Crippen LogP contribution in [0.5, 0.6) is 0 Å². The maximum Gasteiger partial charge on any atom is 0.251 e. The third-order valence-corrected chi connectivity index (χ3v) is 3.65. The molecule has 0 fully saturated rings. The van der Waals surface area contributed by atoms with E-state index < -0.39 is 0 Å². The van der Waals surface area contributed by atoms with Gasteiger partial charge in [-0.05, 0) is 37.9 Å². The molecule has 1 heterocycles. The fourth-order valence-corrected chi connectivity index (χ4v) is 2.20. The molecule has 0 aliphatic carbocycles. The second-order valence-corrected chi connectivity index (χ2v) is 5.84. The number of hydrogen-bond donors (Lipinski definition) is 2. The van der Waals surface area contributed by atoms with Crippen molar-refractivity contribution in [2.75, 3.05) is 32.5 Å². The summed E-state index contributed by atoms with van der Waals surface area (Å²) in [4.78, 5) is 18.5. The smallest absolute Gasteiger partial charge is 0.251 e. The van der Waals surface area contributed by atoms with Crippen molar-refractivity contribution in [3.8, 4) is 0 Å². The van der Waals surface area contributed by atoms with E-state index in [0.717, 1.165) is 18.7 Å². The first kappa shape index (κ1) is 17.2. The average molecular weight is 333 g/mol. The molecule has 6 heteroatoms. The summed E-state index contributed by atoms with van der Waals surface area (Å²) in [6, 6.07) is 10.9. The summed E-state index contributed by atoms with van der Waals surface area (Å²) in [5, 5.41) is 6.72. The maximum atomic E-state index is 12.2. The summed E-state index contributed by atoms with van der Waals surface area (Å²) in [6.07, 6.45) is 1.63. The van der Waals surface area contributed by atoms with E-state index >= 15 is 0 Å². The lowest BCUT2D eigenvalue weighted by atomic mass is 10.2. The van der Waals surface area contributed by atoms with Crippen LogP contribution in [0.25, 0.3) is 0 Å². The molecule has 0 aliphatic heterocycles. The van der Waals surface area contributed by atoms with E-state index in [4.69, 9.17) is 11.6 Å². The highest BCUT2D eigenvalue weighted by Crippen LogP contribution is 2.14. The number of likely N-dealkylation sites (N-methyl/N-ethyl adjacent to an activating group) is 1. The Balaban J connectivity index is 1.93. The molecule has 0 aliphatic rings. The average Bonchev–Trinajstić information content (AvgIpc) is 2.54. The van der Waals surface area contributed by atoms with E-state index in [1.54, 1.807) is 18.3 Å². The second kappa shape index (κ2) is 8.50. The number of hydrogen-bond acceptors (Lipinski definition) is 4. The summed E-state index contributed by atoms with van der Waals surface area (Å²) in [6.45, 7) is 2.06. The Bertz CT molecular complexity index is 661. The molecule has 2 aromatic rings. The molecule has 5 nitrogen and oxygen atoms in total. The zero-order chi connectivity index (χ0) is 16.7. The minimum atomic E-state index is -0.150. The first-order valence-electron chi connectivity index (χ1n) is 7.42. The highest BCUT2D eigenvalue weighted by molar-refractivity contribution is 6.31. The Labute approximate surface area is 141 Å². The third kappa shape index (κ3) is 5.54. The molecular weight excluding hydrogens is 312 g/mol. The molecule has 0 saturated heterocycles. The number of rotatable bonds is 7. The minimum absolute atomic E-state index is 0.150. The molecule has 1 amide bonds. The maximum absolute atomic E-state index is 12.2. The Morgan fingerprint density at radius 3 is 2.78 bits per heavy atom. The third-order valence-electron chi connectivity index (χ3n) is 3.28. The van der Waals surface area contributed by atoms with Gasteiger partial charge in [-0.2, -0.15) is 0 Å². The van der Waals surface area contributed by atoms with Crippen LogP contribution in [-0.2, 0) is 6.54 Å². The Morgan fingerprint density at radius 1 is 1.26 bits per heavy atom. The normalized spacial score (nSPS) is 10.6. The van der Waals surface area contributed by atoms with Crippen molar-refractivity contribution in [1.82, 2.24) is 15.2 Å². The van der Waals surface area contributed by atoms with Crippen molar-refractivity contribution in [1.29, 1.82) is 0 Å². The first-order chi connectivity index (χ1) is 11.1. The quantitative estimate of drug-likeness (QED) is 0.818. The van der Waals surface area contributed by atoms with E-state index in [9.17, 15) is 4.79 Å². The number of carbonyl (C=O) groups excluding carboxylic acids is 1. The molecule has 2 rings (SSSR count). The Hall–Kier alpha value is -2.11. The van der Waals surface area contributed by atoms with E-state index in [-0.39, 0.29) is 5.91 Å². The van der Waals surface area contributed by atoms with Crippen LogP contribution >= 0.6 is 11.6 Å². The van der Waals surface area contributed by atoms with Crippen molar-refractivity contribution in [3.05, 3.63) is 58.7 Å². The van der Waals surface area contributed by atoms with Crippen LogP contribution in [0.4, 0.5) is 5.82 Å². The van der Waals surface area contributed by atoms with Gasteiger partial charge in [-0.15, -0.1) is 0 Å². The number of pyridine rings is 1. The molecule has 0 saturated carbocycles. The molecule has 23 heavy (non-hydrogen) atoms. The van der Waals surface area contributed by atoms with Crippen molar-refractivity contribution < 1.29 is 4.79 Å². The number of anilines is 1. The van der Waals surface area contributed by atoms with Gasteiger partial charge in [0, 0.05) is 36.4 Å². The molecule has 1 aromatic heterocycles. The minimum Gasteiger partial charge on any atom is -0.369 e. The largest absolute Gasteiger partial charge is 0.369 e. The Kier molecular flexibility index (Phi) is 6.38. The fourth-order valence-electron chi connectivity index (χ4n) is 2.00.